The number of alkyl halides is 1. The highest BCUT2D eigenvalue weighted by molar-refractivity contribution is 9.09. The topological polar surface area (TPSA) is 94.7 Å². The van der Waals surface area contributed by atoms with Gasteiger partial charge in [-0.25, -0.2) is 4.98 Å². The molecular formula is C39H45BrN2O4S. The second-order valence-corrected chi connectivity index (χ2v) is 12.5. The summed E-state index contributed by atoms with van der Waals surface area (Å²) in [6, 6.07) is 24.2. The van der Waals surface area contributed by atoms with Crippen LogP contribution in [0.1, 0.15) is 64.5 Å². The molecule has 6 nitrogen and oxygen atoms in total. The van der Waals surface area contributed by atoms with E-state index < -0.39 is 0 Å². The van der Waals surface area contributed by atoms with Crippen molar-refractivity contribution in [1.82, 2.24) is 4.98 Å². The smallest absolute Gasteiger partial charge is 0.180 e. The van der Waals surface area contributed by atoms with Gasteiger partial charge in [-0.05, 0) is 129 Å². The number of halogens is 1. The fourth-order valence-electron chi connectivity index (χ4n) is 5.14. The summed E-state index contributed by atoms with van der Waals surface area (Å²) in [7, 11) is 0. The molecule has 0 spiro atoms. The van der Waals surface area contributed by atoms with E-state index in [9.17, 15) is 4.79 Å². The first kappa shape index (κ1) is 37.5. The van der Waals surface area contributed by atoms with E-state index in [1.807, 2.05) is 67.8 Å². The summed E-state index contributed by atoms with van der Waals surface area (Å²) in [5.74, 6) is 3.37. The van der Waals surface area contributed by atoms with E-state index in [0.29, 0.717) is 10.5 Å². The fraction of sp³-hybridized carbons (Fsp3) is 0.282. The highest BCUT2D eigenvalue weighted by Gasteiger charge is 2.14. The van der Waals surface area contributed by atoms with Crippen molar-refractivity contribution in [3.63, 3.8) is 0 Å². The number of nitrogen functional groups attached to an aromatic ring is 1. The molecule has 0 radical (unpaired) electrons. The summed E-state index contributed by atoms with van der Waals surface area (Å²) in [4.78, 5) is 16.3. The molecule has 1 heterocycles. The average Bonchev–Trinajstić information content (AvgIpc) is 3.47. The zero-order chi connectivity index (χ0) is 34.5. The van der Waals surface area contributed by atoms with Crippen molar-refractivity contribution >= 4 is 38.2 Å². The van der Waals surface area contributed by atoms with Crippen LogP contribution in [0.2, 0.25) is 0 Å². The number of ether oxygens (including phenoxy) is 2. The molecule has 0 aliphatic heterocycles. The van der Waals surface area contributed by atoms with E-state index in [1.165, 1.54) is 22.5 Å². The predicted molar refractivity (Wildman–Crippen MR) is 200 cm³/mol. The standard InChI is InChI=1S/C19H20N2OS.C18H19BrO2.C2H6O/c1-4-14-5-7-15(8-6-14)22-16-9-12(2)18(13(3)10-16)17-11-23-19(20)21-17;1-4-14-5-7-15(8-6-14)21-16-9-12(2)18(13(3)10-16)17(20)11-19;1-2-3/h5-11H,4H2,1-3H3,(H2,20,21);5-10H,4,11H2,1-3H3;3H,2H2,1H3. The van der Waals surface area contributed by atoms with Gasteiger partial charge in [-0.15, -0.1) is 11.3 Å². The summed E-state index contributed by atoms with van der Waals surface area (Å²) in [6.45, 7) is 14.2. The Hall–Kier alpha value is -3.98. The first-order chi connectivity index (χ1) is 22.5. The van der Waals surface area contributed by atoms with Gasteiger partial charge in [0.25, 0.3) is 0 Å². The average molecular weight is 718 g/mol. The van der Waals surface area contributed by atoms with Gasteiger partial charge in [0.1, 0.15) is 23.0 Å². The fourth-order valence-corrected chi connectivity index (χ4v) is 5.97. The van der Waals surface area contributed by atoms with Crippen molar-refractivity contribution < 1.29 is 19.4 Å². The first-order valence-electron chi connectivity index (χ1n) is 15.7. The number of carbonyl (C=O) groups is 1. The Balaban J connectivity index is 0.000000237. The SMILES string of the molecule is CCO.CCc1ccc(Oc2cc(C)c(-c3csc(N)n3)c(C)c2)cc1.CCc1ccc(Oc2cc(C)c(C(=O)CBr)c(C)c2)cc1. The maximum Gasteiger partial charge on any atom is 0.180 e. The Bertz CT molecular complexity index is 1700. The first-order valence-corrected chi connectivity index (χ1v) is 17.7. The minimum atomic E-state index is 0.101. The summed E-state index contributed by atoms with van der Waals surface area (Å²) in [6.07, 6.45) is 2.05. The lowest BCUT2D eigenvalue weighted by atomic mass is 9.99. The number of Topliss-reactive ketones (excluding diaryl/α,β-unsaturated/α-hetero) is 1. The molecular weight excluding hydrogens is 672 g/mol. The van der Waals surface area contributed by atoms with E-state index in [4.69, 9.17) is 20.3 Å². The van der Waals surface area contributed by atoms with Crippen LogP contribution in [0.3, 0.4) is 0 Å². The lowest BCUT2D eigenvalue weighted by Gasteiger charge is -2.12. The number of aromatic nitrogens is 1. The van der Waals surface area contributed by atoms with E-state index in [-0.39, 0.29) is 12.4 Å². The number of nitrogens with zero attached hydrogens (tertiary/aromatic N) is 1. The van der Waals surface area contributed by atoms with Gasteiger partial charge in [-0.2, -0.15) is 0 Å². The third kappa shape index (κ3) is 10.8. The van der Waals surface area contributed by atoms with Crippen molar-refractivity contribution in [3.05, 3.63) is 117 Å². The van der Waals surface area contributed by atoms with Gasteiger partial charge in [0.15, 0.2) is 10.9 Å². The van der Waals surface area contributed by atoms with Crippen LogP contribution in [-0.2, 0) is 12.8 Å². The summed E-state index contributed by atoms with van der Waals surface area (Å²) < 4.78 is 11.9. The molecule has 0 amide bonds. The number of nitrogens with two attached hydrogens (primary N) is 1. The normalized spacial score (nSPS) is 10.3. The number of aliphatic hydroxyl groups is 1. The number of rotatable bonds is 9. The van der Waals surface area contributed by atoms with Crippen LogP contribution < -0.4 is 15.2 Å². The van der Waals surface area contributed by atoms with Crippen molar-refractivity contribution in [2.75, 3.05) is 17.7 Å². The molecule has 0 atom stereocenters. The van der Waals surface area contributed by atoms with Gasteiger partial charge in [0.05, 0.1) is 11.0 Å². The monoisotopic (exact) mass is 716 g/mol. The zero-order valence-electron chi connectivity index (χ0n) is 28.3. The molecule has 8 heteroatoms. The molecule has 1 aromatic heterocycles. The number of benzene rings is 4. The number of thiazole rings is 1. The molecule has 5 aromatic rings. The summed E-state index contributed by atoms with van der Waals surface area (Å²) in [5.41, 5.74) is 15.3. The van der Waals surface area contributed by atoms with Gasteiger partial charge in [0.2, 0.25) is 0 Å². The van der Waals surface area contributed by atoms with Gasteiger partial charge in [-0.3, -0.25) is 4.79 Å². The zero-order valence-corrected chi connectivity index (χ0v) is 30.7. The number of ketones is 1. The molecule has 0 aliphatic carbocycles. The number of hydrogen-bond donors (Lipinski definition) is 2. The molecule has 0 saturated heterocycles. The molecule has 0 bridgehead atoms. The highest BCUT2D eigenvalue weighted by Crippen LogP contribution is 2.34. The predicted octanol–water partition coefficient (Wildman–Crippen LogP) is 10.6. The van der Waals surface area contributed by atoms with Crippen LogP contribution >= 0.6 is 27.3 Å². The molecule has 248 valence electrons. The Kier molecular flexibility index (Phi) is 14.7. The number of anilines is 1. The van der Waals surface area contributed by atoms with Crippen LogP contribution in [0.4, 0.5) is 5.13 Å². The molecule has 47 heavy (non-hydrogen) atoms. The largest absolute Gasteiger partial charge is 0.457 e. The Morgan fingerprint density at radius 3 is 1.49 bits per heavy atom. The Morgan fingerprint density at radius 2 is 1.15 bits per heavy atom. The molecule has 0 saturated carbocycles. The minimum Gasteiger partial charge on any atom is -0.457 e. The van der Waals surface area contributed by atoms with Crippen molar-refractivity contribution in [3.8, 4) is 34.3 Å². The number of carbonyl (C=O) groups excluding carboxylic acids is 1. The number of aliphatic hydroxyl groups excluding tert-OH is 1. The van der Waals surface area contributed by atoms with Gasteiger partial charge in [0, 0.05) is 23.1 Å². The van der Waals surface area contributed by atoms with E-state index in [0.717, 1.165) is 74.9 Å². The van der Waals surface area contributed by atoms with Crippen LogP contribution in [0.5, 0.6) is 23.0 Å². The molecule has 5 rings (SSSR count). The Labute approximate surface area is 291 Å². The molecule has 0 unspecified atom stereocenters. The van der Waals surface area contributed by atoms with Gasteiger partial charge in [-0.1, -0.05) is 54.0 Å². The second-order valence-electron chi connectivity index (χ2n) is 11.0. The molecule has 4 aromatic carbocycles. The second kappa shape index (κ2) is 18.4. The van der Waals surface area contributed by atoms with Crippen molar-refractivity contribution in [2.24, 2.45) is 0 Å². The van der Waals surface area contributed by atoms with Crippen LogP contribution in [0.25, 0.3) is 11.3 Å². The third-order valence-electron chi connectivity index (χ3n) is 7.33. The molecule has 3 N–H and O–H groups in total. The van der Waals surface area contributed by atoms with E-state index in [2.05, 4.69) is 72.9 Å². The maximum atomic E-state index is 11.9. The number of hydrogen-bond acceptors (Lipinski definition) is 7. The van der Waals surface area contributed by atoms with Crippen LogP contribution in [0.15, 0.2) is 78.2 Å². The molecule has 0 aliphatic rings. The Morgan fingerprint density at radius 1 is 0.745 bits per heavy atom. The maximum absolute atomic E-state index is 11.9. The number of aryl methyl sites for hydroxylation is 6. The third-order valence-corrected chi connectivity index (χ3v) is 8.51. The van der Waals surface area contributed by atoms with Crippen LogP contribution in [-0.4, -0.2) is 27.8 Å². The van der Waals surface area contributed by atoms with E-state index in [1.54, 1.807) is 6.92 Å². The van der Waals surface area contributed by atoms with E-state index >= 15 is 0 Å². The minimum absolute atomic E-state index is 0.101. The van der Waals surface area contributed by atoms with Crippen molar-refractivity contribution in [2.45, 2.75) is 61.3 Å². The van der Waals surface area contributed by atoms with Crippen molar-refractivity contribution in [1.29, 1.82) is 0 Å². The quantitative estimate of drug-likeness (QED) is 0.116. The van der Waals surface area contributed by atoms with Crippen LogP contribution in [0, 0.1) is 27.7 Å². The highest BCUT2D eigenvalue weighted by atomic mass is 79.9. The summed E-state index contributed by atoms with van der Waals surface area (Å²) >= 11 is 4.69. The summed E-state index contributed by atoms with van der Waals surface area (Å²) in [5, 5.41) is 10.5. The van der Waals surface area contributed by atoms with Gasteiger partial charge < -0.3 is 20.3 Å². The molecule has 0 fully saturated rings. The lowest BCUT2D eigenvalue weighted by molar-refractivity contribution is 0.102. The van der Waals surface area contributed by atoms with Gasteiger partial charge >= 0.3 is 0 Å². The lowest BCUT2D eigenvalue weighted by Crippen LogP contribution is -2.05.